The van der Waals surface area contributed by atoms with Crippen LogP contribution in [-0.4, -0.2) is 0 Å². The van der Waals surface area contributed by atoms with Gasteiger partial charge < -0.3 is 0 Å². The highest BCUT2D eigenvalue weighted by atomic mass is 19.1. The Bertz CT molecular complexity index is 422. The van der Waals surface area contributed by atoms with Gasteiger partial charge in [0.25, 0.3) is 0 Å². The van der Waals surface area contributed by atoms with Crippen molar-refractivity contribution < 1.29 is 4.39 Å². The number of hydrogen-bond acceptors (Lipinski definition) is 2. The van der Waals surface area contributed by atoms with Crippen LogP contribution >= 0.6 is 0 Å². The van der Waals surface area contributed by atoms with Gasteiger partial charge in [0.15, 0.2) is 0 Å². The summed E-state index contributed by atoms with van der Waals surface area (Å²) in [6.07, 6.45) is 4.00. The highest BCUT2D eigenvalue weighted by Gasteiger charge is 2.55. The zero-order valence-corrected chi connectivity index (χ0v) is 10.1. The number of halogens is 1. The second-order valence-electron chi connectivity index (χ2n) is 5.49. The van der Waals surface area contributed by atoms with E-state index < -0.39 is 0 Å². The van der Waals surface area contributed by atoms with Gasteiger partial charge in [0.1, 0.15) is 5.82 Å². The van der Waals surface area contributed by atoms with E-state index in [9.17, 15) is 4.39 Å². The van der Waals surface area contributed by atoms with Crippen LogP contribution < -0.4 is 11.3 Å². The second-order valence-corrected chi connectivity index (χ2v) is 5.49. The molecule has 0 bridgehead atoms. The Hall–Kier alpha value is -0.930. The molecule has 0 aromatic heterocycles. The van der Waals surface area contributed by atoms with E-state index in [1.165, 1.54) is 19.3 Å². The Morgan fingerprint density at radius 3 is 2.65 bits per heavy atom. The summed E-state index contributed by atoms with van der Waals surface area (Å²) in [6, 6.07) is 5.60. The van der Waals surface area contributed by atoms with Crippen molar-refractivity contribution in [2.24, 2.45) is 23.6 Å². The van der Waals surface area contributed by atoms with E-state index in [4.69, 9.17) is 5.84 Å². The number of rotatable bonds is 3. The first-order chi connectivity index (χ1) is 8.22. The van der Waals surface area contributed by atoms with Gasteiger partial charge in [-0.3, -0.25) is 11.3 Å². The predicted octanol–water partition coefficient (Wildman–Crippen LogP) is 2.68. The van der Waals surface area contributed by atoms with Crippen LogP contribution in [0.2, 0.25) is 0 Å². The third kappa shape index (κ3) is 1.78. The van der Waals surface area contributed by atoms with Crippen molar-refractivity contribution in [2.75, 3.05) is 0 Å². The Labute approximate surface area is 101 Å². The van der Waals surface area contributed by atoms with Crippen LogP contribution in [0.5, 0.6) is 0 Å². The smallest absolute Gasteiger partial charge is 0.126 e. The molecule has 3 N–H and O–H groups in total. The molecule has 1 aromatic carbocycles. The Morgan fingerprint density at radius 2 is 2.06 bits per heavy atom. The van der Waals surface area contributed by atoms with E-state index in [2.05, 4.69) is 5.43 Å². The lowest BCUT2D eigenvalue weighted by Gasteiger charge is -2.18. The van der Waals surface area contributed by atoms with Gasteiger partial charge in [0.05, 0.1) is 0 Å². The molecule has 1 aromatic rings. The molecule has 2 fully saturated rings. The largest absolute Gasteiger partial charge is 0.271 e. The molecule has 0 spiro atoms. The number of aryl methyl sites for hydroxylation is 1. The molecule has 17 heavy (non-hydrogen) atoms. The van der Waals surface area contributed by atoms with Gasteiger partial charge in [-0.05, 0) is 54.7 Å². The first kappa shape index (κ1) is 11.2. The maximum atomic E-state index is 13.6. The van der Waals surface area contributed by atoms with Crippen LogP contribution in [0, 0.1) is 30.5 Å². The SMILES string of the molecule is Cc1ccc(C(NN)C2C3CCCC32)cc1F. The molecule has 3 heteroatoms. The number of hydrogen-bond donors (Lipinski definition) is 2. The first-order valence-electron chi connectivity index (χ1n) is 6.44. The first-order valence-corrected chi connectivity index (χ1v) is 6.44. The van der Waals surface area contributed by atoms with Crippen LogP contribution in [0.4, 0.5) is 4.39 Å². The van der Waals surface area contributed by atoms with Crippen molar-refractivity contribution in [1.82, 2.24) is 5.43 Å². The predicted molar refractivity (Wildman–Crippen MR) is 65.5 cm³/mol. The van der Waals surface area contributed by atoms with Crippen molar-refractivity contribution in [2.45, 2.75) is 32.2 Å². The zero-order chi connectivity index (χ0) is 12.0. The van der Waals surface area contributed by atoms with Gasteiger partial charge in [0, 0.05) is 6.04 Å². The molecule has 2 aliphatic carbocycles. The molecular weight excluding hydrogens is 215 g/mol. The topological polar surface area (TPSA) is 38.0 Å². The third-order valence-electron chi connectivity index (χ3n) is 4.59. The number of hydrazine groups is 1. The molecule has 92 valence electrons. The fourth-order valence-corrected chi connectivity index (χ4v) is 3.60. The summed E-state index contributed by atoms with van der Waals surface area (Å²) in [5.74, 6) is 7.79. The number of benzene rings is 1. The monoisotopic (exact) mass is 234 g/mol. The molecular formula is C14H19FN2. The zero-order valence-electron chi connectivity index (χ0n) is 10.1. The summed E-state index contributed by atoms with van der Waals surface area (Å²) in [5.41, 5.74) is 4.58. The van der Waals surface area contributed by atoms with Crippen LogP contribution in [0.25, 0.3) is 0 Å². The van der Waals surface area contributed by atoms with Gasteiger partial charge in [-0.2, -0.15) is 0 Å². The highest BCUT2D eigenvalue weighted by molar-refractivity contribution is 5.28. The van der Waals surface area contributed by atoms with Crippen LogP contribution in [0.3, 0.4) is 0 Å². The van der Waals surface area contributed by atoms with Crippen LogP contribution in [-0.2, 0) is 0 Å². The van der Waals surface area contributed by atoms with E-state index in [0.717, 1.165) is 17.4 Å². The summed E-state index contributed by atoms with van der Waals surface area (Å²) in [6.45, 7) is 1.79. The van der Waals surface area contributed by atoms with E-state index in [0.29, 0.717) is 11.5 Å². The van der Waals surface area contributed by atoms with Crippen molar-refractivity contribution >= 4 is 0 Å². The Balaban J connectivity index is 1.83. The molecule has 2 saturated carbocycles. The Morgan fingerprint density at radius 1 is 1.35 bits per heavy atom. The number of nitrogens with one attached hydrogen (secondary N) is 1. The highest BCUT2D eigenvalue weighted by Crippen LogP contribution is 2.62. The van der Waals surface area contributed by atoms with E-state index in [1.54, 1.807) is 13.0 Å². The quantitative estimate of drug-likeness (QED) is 0.623. The molecule has 2 nitrogen and oxygen atoms in total. The second kappa shape index (κ2) is 4.07. The lowest BCUT2D eigenvalue weighted by Crippen LogP contribution is -2.30. The molecule has 2 aliphatic rings. The standard InChI is InChI=1S/C14H19FN2/c1-8-5-6-9(7-12(8)15)14(17-16)13-10-3-2-4-11(10)13/h5-7,10-11,13-14,17H,2-4,16H2,1H3. The van der Waals surface area contributed by atoms with Crippen LogP contribution in [0.1, 0.15) is 36.4 Å². The molecule has 3 unspecified atom stereocenters. The van der Waals surface area contributed by atoms with Crippen molar-refractivity contribution in [3.63, 3.8) is 0 Å². The molecule has 0 radical (unpaired) electrons. The van der Waals surface area contributed by atoms with Crippen molar-refractivity contribution in [3.8, 4) is 0 Å². The van der Waals surface area contributed by atoms with E-state index >= 15 is 0 Å². The summed E-state index contributed by atoms with van der Waals surface area (Å²) in [7, 11) is 0. The lowest BCUT2D eigenvalue weighted by molar-refractivity contribution is 0.423. The third-order valence-corrected chi connectivity index (χ3v) is 4.59. The molecule has 0 amide bonds. The molecule has 0 aliphatic heterocycles. The van der Waals surface area contributed by atoms with Gasteiger partial charge in [-0.15, -0.1) is 0 Å². The van der Waals surface area contributed by atoms with Gasteiger partial charge in [-0.25, -0.2) is 4.39 Å². The molecule has 0 saturated heterocycles. The van der Waals surface area contributed by atoms with Gasteiger partial charge >= 0.3 is 0 Å². The minimum absolute atomic E-state index is 0.125. The van der Waals surface area contributed by atoms with E-state index in [-0.39, 0.29) is 11.9 Å². The number of nitrogens with two attached hydrogens (primary N) is 1. The average molecular weight is 234 g/mol. The Kier molecular flexibility index (Phi) is 2.68. The number of fused-ring (bicyclic) bond motifs is 1. The van der Waals surface area contributed by atoms with Gasteiger partial charge in [-0.1, -0.05) is 18.6 Å². The van der Waals surface area contributed by atoms with Crippen molar-refractivity contribution in [1.29, 1.82) is 0 Å². The molecule has 3 rings (SSSR count). The molecule has 0 heterocycles. The minimum atomic E-state index is -0.131. The fourth-order valence-electron chi connectivity index (χ4n) is 3.60. The summed E-state index contributed by atoms with van der Waals surface area (Å²) in [5, 5.41) is 0. The summed E-state index contributed by atoms with van der Waals surface area (Å²) < 4.78 is 13.6. The van der Waals surface area contributed by atoms with E-state index in [1.807, 2.05) is 12.1 Å². The normalized spacial score (nSPS) is 32.3. The summed E-state index contributed by atoms with van der Waals surface area (Å²) in [4.78, 5) is 0. The average Bonchev–Trinajstić information content (AvgIpc) is 2.79. The maximum Gasteiger partial charge on any atom is 0.126 e. The van der Waals surface area contributed by atoms with Crippen LogP contribution in [0.15, 0.2) is 18.2 Å². The summed E-state index contributed by atoms with van der Waals surface area (Å²) >= 11 is 0. The fraction of sp³-hybridized carbons (Fsp3) is 0.571. The molecule has 3 atom stereocenters. The minimum Gasteiger partial charge on any atom is -0.271 e. The lowest BCUT2D eigenvalue weighted by atomic mass is 9.96. The maximum absolute atomic E-state index is 13.6. The van der Waals surface area contributed by atoms with Crippen molar-refractivity contribution in [3.05, 3.63) is 35.1 Å². The van der Waals surface area contributed by atoms with Gasteiger partial charge in [0.2, 0.25) is 0 Å².